The number of amides is 1. The van der Waals surface area contributed by atoms with E-state index in [1.807, 2.05) is 41.9 Å². The zero-order chi connectivity index (χ0) is 19.8. The third-order valence-corrected chi connectivity index (χ3v) is 5.86. The number of aromatic nitrogens is 4. The molecule has 2 aliphatic carbocycles. The molecule has 0 spiro atoms. The van der Waals surface area contributed by atoms with Crippen LogP contribution in [0.3, 0.4) is 0 Å². The molecule has 5 rings (SSSR count). The van der Waals surface area contributed by atoms with Crippen LogP contribution in [0.1, 0.15) is 49.5 Å². The Morgan fingerprint density at radius 2 is 1.90 bits per heavy atom. The first-order valence-corrected chi connectivity index (χ1v) is 10.5. The third-order valence-electron chi connectivity index (χ3n) is 5.86. The molecule has 0 saturated heterocycles. The standard InChI is InChI=1S/C22H26N6O/c1-14-18-20(23-12-13-24-22(29)16-6-5-7-16)25-19(15-10-11-15)26-21(18)28(27-14)17-8-3-2-4-9-17/h2-4,8-9,15-16H,5-7,10-13H2,1H3,(H,24,29)(H,23,25,26). The van der Waals surface area contributed by atoms with Gasteiger partial charge in [-0.1, -0.05) is 24.6 Å². The van der Waals surface area contributed by atoms with E-state index < -0.39 is 0 Å². The number of rotatable bonds is 7. The second-order valence-corrected chi connectivity index (χ2v) is 8.08. The van der Waals surface area contributed by atoms with E-state index in [2.05, 4.69) is 10.6 Å². The molecule has 2 fully saturated rings. The molecule has 7 heteroatoms. The number of fused-ring (bicyclic) bond motifs is 1. The minimum absolute atomic E-state index is 0.178. The van der Waals surface area contributed by atoms with E-state index in [-0.39, 0.29) is 11.8 Å². The second kappa shape index (κ2) is 7.46. The first kappa shape index (κ1) is 18.1. The normalized spacial score (nSPS) is 16.6. The summed E-state index contributed by atoms with van der Waals surface area (Å²) in [5.74, 6) is 2.54. The van der Waals surface area contributed by atoms with Gasteiger partial charge in [-0.05, 0) is 44.7 Å². The van der Waals surface area contributed by atoms with Crippen LogP contribution in [0.2, 0.25) is 0 Å². The minimum atomic E-state index is 0.178. The molecule has 2 heterocycles. The molecule has 1 amide bonds. The summed E-state index contributed by atoms with van der Waals surface area (Å²) >= 11 is 0. The Hall–Kier alpha value is -2.96. The summed E-state index contributed by atoms with van der Waals surface area (Å²) < 4.78 is 1.90. The molecule has 3 aromatic rings. The maximum Gasteiger partial charge on any atom is 0.223 e. The number of nitrogens with one attached hydrogen (secondary N) is 2. The highest BCUT2D eigenvalue weighted by molar-refractivity contribution is 5.90. The van der Waals surface area contributed by atoms with Gasteiger partial charge >= 0.3 is 0 Å². The van der Waals surface area contributed by atoms with Crippen molar-refractivity contribution in [3.05, 3.63) is 41.9 Å². The van der Waals surface area contributed by atoms with Gasteiger partial charge in [0.25, 0.3) is 0 Å². The Bertz CT molecular complexity index is 1040. The minimum Gasteiger partial charge on any atom is -0.368 e. The largest absolute Gasteiger partial charge is 0.368 e. The predicted octanol–water partition coefficient (Wildman–Crippen LogP) is 3.33. The van der Waals surface area contributed by atoms with Crippen LogP contribution in [0.15, 0.2) is 30.3 Å². The van der Waals surface area contributed by atoms with E-state index in [1.165, 1.54) is 6.42 Å². The number of anilines is 1. The van der Waals surface area contributed by atoms with E-state index in [4.69, 9.17) is 15.1 Å². The van der Waals surface area contributed by atoms with Crippen LogP contribution >= 0.6 is 0 Å². The van der Waals surface area contributed by atoms with Crippen molar-refractivity contribution in [2.24, 2.45) is 5.92 Å². The lowest BCUT2D eigenvalue weighted by Gasteiger charge is -2.24. The van der Waals surface area contributed by atoms with Gasteiger partial charge in [-0.2, -0.15) is 5.10 Å². The maximum absolute atomic E-state index is 12.0. The fourth-order valence-corrected chi connectivity index (χ4v) is 3.78. The highest BCUT2D eigenvalue weighted by Gasteiger charge is 2.29. The molecule has 2 aliphatic rings. The maximum atomic E-state index is 12.0. The van der Waals surface area contributed by atoms with E-state index >= 15 is 0 Å². The number of aryl methyl sites for hydroxylation is 1. The molecular weight excluding hydrogens is 364 g/mol. The van der Waals surface area contributed by atoms with Crippen LogP contribution in [0.5, 0.6) is 0 Å². The number of benzene rings is 1. The van der Waals surface area contributed by atoms with Crippen molar-refractivity contribution in [2.75, 3.05) is 18.4 Å². The molecule has 0 unspecified atom stereocenters. The molecule has 0 atom stereocenters. The molecule has 150 valence electrons. The second-order valence-electron chi connectivity index (χ2n) is 8.08. The van der Waals surface area contributed by atoms with E-state index in [1.54, 1.807) is 0 Å². The third kappa shape index (κ3) is 3.57. The average Bonchev–Trinajstić information content (AvgIpc) is 3.48. The highest BCUT2D eigenvalue weighted by atomic mass is 16.1. The molecule has 0 radical (unpaired) electrons. The molecule has 7 nitrogen and oxygen atoms in total. The summed E-state index contributed by atoms with van der Waals surface area (Å²) in [6.45, 7) is 3.21. The van der Waals surface area contributed by atoms with Gasteiger partial charge in [0, 0.05) is 24.9 Å². The lowest BCUT2D eigenvalue weighted by Crippen LogP contribution is -2.37. The molecule has 29 heavy (non-hydrogen) atoms. The Labute approximate surface area is 169 Å². The Kier molecular flexibility index (Phi) is 4.66. The van der Waals surface area contributed by atoms with E-state index in [9.17, 15) is 4.79 Å². The van der Waals surface area contributed by atoms with Crippen LogP contribution in [-0.2, 0) is 4.79 Å². The summed E-state index contributed by atoms with van der Waals surface area (Å²) in [6.07, 6.45) is 5.49. The average molecular weight is 390 g/mol. The predicted molar refractivity (Wildman–Crippen MR) is 112 cm³/mol. The smallest absolute Gasteiger partial charge is 0.223 e. The first-order chi connectivity index (χ1) is 14.2. The fourth-order valence-electron chi connectivity index (χ4n) is 3.78. The quantitative estimate of drug-likeness (QED) is 0.605. The van der Waals surface area contributed by atoms with Crippen molar-refractivity contribution in [2.45, 2.75) is 44.9 Å². The van der Waals surface area contributed by atoms with E-state index in [0.717, 1.165) is 59.7 Å². The summed E-state index contributed by atoms with van der Waals surface area (Å²) in [5.41, 5.74) is 2.73. The molecule has 2 N–H and O–H groups in total. The molecule has 1 aromatic carbocycles. The summed E-state index contributed by atoms with van der Waals surface area (Å²) in [4.78, 5) is 21.7. The van der Waals surface area contributed by atoms with E-state index in [0.29, 0.717) is 19.0 Å². The topological polar surface area (TPSA) is 84.7 Å². The van der Waals surface area contributed by atoms with Crippen molar-refractivity contribution in [3.63, 3.8) is 0 Å². The molecule has 2 saturated carbocycles. The summed E-state index contributed by atoms with van der Waals surface area (Å²) in [6, 6.07) is 10.1. The van der Waals surface area contributed by atoms with Crippen LogP contribution < -0.4 is 10.6 Å². The molecule has 0 aliphatic heterocycles. The number of hydrogen-bond acceptors (Lipinski definition) is 5. The highest BCUT2D eigenvalue weighted by Crippen LogP contribution is 2.40. The van der Waals surface area contributed by atoms with Gasteiger partial charge < -0.3 is 10.6 Å². The van der Waals surface area contributed by atoms with Crippen molar-refractivity contribution in [1.82, 2.24) is 25.1 Å². The Morgan fingerprint density at radius 1 is 1.10 bits per heavy atom. The molecule has 2 aromatic heterocycles. The zero-order valence-electron chi connectivity index (χ0n) is 16.7. The van der Waals surface area contributed by atoms with Crippen molar-refractivity contribution >= 4 is 22.8 Å². The van der Waals surface area contributed by atoms with Crippen molar-refractivity contribution in [3.8, 4) is 5.69 Å². The van der Waals surface area contributed by atoms with Crippen LogP contribution in [0.4, 0.5) is 5.82 Å². The molecule has 0 bridgehead atoms. The number of para-hydroxylation sites is 1. The van der Waals surface area contributed by atoms with Crippen LogP contribution in [-0.4, -0.2) is 38.7 Å². The summed E-state index contributed by atoms with van der Waals surface area (Å²) in [7, 11) is 0. The van der Waals surface area contributed by atoms with Crippen molar-refractivity contribution < 1.29 is 4.79 Å². The van der Waals surface area contributed by atoms with Crippen LogP contribution in [0.25, 0.3) is 16.7 Å². The first-order valence-electron chi connectivity index (χ1n) is 10.5. The number of hydrogen-bond donors (Lipinski definition) is 2. The van der Waals surface area contributed by atoms with Gasteiger partial charge in [-0.3, -0.25) is 4.79 Å². The number of carbonyl (C=O) groups excluding carboxylic acids is 1. The fraction of sp³-hybridized carbons (Fsp3) is 0.455. The van der Waals surface area contributed by atoms with Gasteiger partial charge in [0.1, 0.15) is 11.6 Å². The Balaban J connectivity index is 1.41. The summed E-state index contributed by atoms with van der Waals surface area (Å²) in [5, 5.41) is 12.2. The lowest BCUT2D eigenvalue weighted by atomic mass is 9.85. The number of carbonyl (C=O) groups is 1. The lowest BCUT2D eigenvalue weighted by molar-refractivity contribution is -0.127. The number of nitrogens with zero attached hydrogens (tertiary/aromatic N) is 4. The SMILES string of the molecule is Cc1nn(-c2ccccc2)c2nc(C3CC3)nc(NCCNC(=O)C3CCC3)c12. The van der Waals surface area contributed by atoms with Crippen molar-refractivity contribution in [1.29, 1.82) is 0 Å². The van der Waals surface area contributed by atoms with Gasteiger partial charge in [0.05, 0.1) is 16.8 Å². The Morgan fingerprint density at radius 3 is 2.59 bits per heavy atom. The molecular formula is C22H26N6O. The van der Waals surface area contributed by atoms with Gasteiger partial charge in [0.2, 0.25) is 5.91 Å². The van der Waals surface area contributed by atoms with Gasteiger partial charge in [0.15, 0.2) is 5.65 Å². The van der Waals surface area contributed by atoms with Crippen LogP contribution in [0, 0.1) is 12.8 Å². The zero-order valence-corrected chi connectivity index (χ0v) is 16.7. The monoisotopic (exact) mass is 390 g/mol. The van der Waals surface area contributed by atoms with Gasteiger partial charge in [-0.15, -0.1) is 0 Å². The van der Waals surface area contributed by atoms with Gasteiger partial charge in [-0.25, -0.2) is 14.6 Å².